The Balaban J connectivity index is 1.09. The SMILES string of the molecule is CC(O)CNC1CC2(C)C(CCC3=C(C(C)CC(O)C4OC4(C)C4CCCC4c4cccc(O)c4)C(=O)CC32C)C2(C)CC(c3cccc(O)c3)C(=O)C(C)(C)C12. The third kappa shape index (κ3) is 6.28. The summed E-state index contributed by atoms with van der Waals surface area (Å²) in [5, 5.41) is 46.8. The molecule has 8 heteroatoms. The number of carbonyl (C=O) groups excluding carboxylic acids is 2. The number of Topliss-reactive ketones (excluding diaryl/α,β-unsaturated/α-hetero) is 2. The number of aromatic hydroxyl groups is 2. The minimum atomic E-state index is -0.699. The van der Waals surface area contributed by atoms with Crippen molar-refractivity contribution in [3.8, 4) is 11.5 Å². The average Bonchev–Trinajstić information content (AvgIpc) is 3.43. The van der Waals surface area contributed by atoms with E-state index in [0.29, 0.717) is 25.8 Å². The van der Waals surface area contributed by atoms with Gasteiger partial charge in [-0.15, -0.1) is 0 Å². The summed E-state index contributed by atoms with van der Waals surface area (Å²) in [5.74, 6) is 1.15. The van der Waals surface area contributed by atoms with Crippen LogP contribution in [0.3, 0.4) is 0 Å². The number of aliphatic hydroxyl groups is 2. The number of rotatable bonds is 10. The summed E-state index contributed by atoms with van der Waals surface area (Å²) in [6.45, 7) is 17.8. The summed E-state index contributed by atoms with van der Waals surface area (Å²) in [7, 11) is 0. The van der Waals surface area contributed by atoms with Gasteiger partial charge in [-0.3, -0.25) is 9.59 Å². The van der Waals surface area contributed by atoms with Gasteiger partial charge in [0, 0.05) is 35.8 Å². The highest BCUT2D eigenvalue weighted by atomic mass is 16.6. The molecule has 14 unspecified atom stereocenters. The molecule has 1 aliphatic heterocycles. The summed E-state index contributed by atoms with van der Waals surface area (Å²) in [6, 6.07) is 14.7. The van der Waals surface area contributed by atoms with Crippen molar-refractivity contribution in [3.63, 3.8) is 0 Å². The van der Waals surface area contributed by atoms with E-state index in [1.807, 2.05) is 24.3 Å². The Morgan fingerprint density at radius 3 is 2.21 bits per heavy atom. The maximum absolute atomic E-state index is 14.6. The van der Waals surface area contributed by atoms with Gasteiger partial charge in [0.25, 0.3) is 0 Å². The monoisotopic (exact) mass is 781 g/mol. The van der Waals surface area contributed by atoms with Gasteiger partial charge in [0.2, 0.25) is 0 Å². The van der Waals surface area contributed by atoms with E-state index in [1.165, 1.54) is 5.57 Å². The van der Waals surface area contributed by atoms with Crippen molar-refractivity contribution in [1.29, 1.82) is 0 Å². The molecule has 6 aliphatic rings. The first kappa shape index (κ1) is 40.7. The van der Waals surface area contributed by atoms with Crippen molar-refractivity contribution in [1.82, 2.24) is 5.32 Å². The Labute approximate surface area is 339 Å². The molecular weight excluding hydrogens is 715 g/mol. The van der Waals surface area contributed by atoms with Crippen molar-refractivity contribution < 1.29 is 34.8 Å². The molecule has 1 saturated heterocycles. The predicted octanol–water partition coefficient (Wildman–Crippen LogP) is 8.37. The van der Waals surface area contributed by atoms with Gasteiger partial charge in [-0.1, -0.05) is 77.8 Å². The second-order valence-corrected chi connectivity index (χ2v) is 21.0. The zero-order valence-corrected chi connectivity index (χ0v) is 35.5. The van der Waals surface area contributed by atoms with Crippen LogP contribution >= 0.6 is 0 Å². The first-order valence-electron chi connectivity index (χ1n) is 21.9. The molecule has 4 saturated carbocycles. The van der Waals surface area contributed by atoms with Gasteiger partial charge < -0.3 is 30.5 Å². The molecule has 2 aromatic rings. The molecule has 5 fully saturated rings. The summed E-state index contributed by atoms with van der Waals surface area (Å²) in [5.41, 5.74) is 2.11. The van der Waals surface area contributed by atoms with Gasteiger partial charge in [0.05, 0.1) is 17.8 Å². The highest BCUT2D eigenvalue weighted by Crippen LogP contribution is 2.75. The van der Waals surface area contributed by atoms with Crippen LogP contribution in [0.15, 0.2) is 59.7 Å². The van der Waals surface area contributed by atoms with Crippen LogP contribution in [0.4, 0.5) is 0 Å². The van der Waals surface area contributed by atoms with Crippen molar-refractivity contribution in [2.24, 2.45) is 45.3 Å². The molecule has 310 valence electrons. The van der Waals surface area contributed by atoms with Crippen molar-refractivity contribution in [2.45, 2.75) is 155 Å². The number of aliphatic hydroxyl groups excluding tert-OH is 2. The molecule has 1 heterocycles. The highest BCUT2D eigenvalue weighted by molar-refractivity contribution is 6.00. The van der Waals surface area contributed by atoms with Crippen molar-refractivity contribution in [2.75, 3.05) is 6.54 Å². The fourth-order valence-corrected chi connectivity index (χ4v) is 14.8. The second kappa shape index (κ2) is 14.0. The number of ketones is 2. The maximum Gasteiger partial charge on any atom is 0.159 e. The van der Waals surface area contributed by atoms with E-state index >= 15 is 0 Å². The van der Waals surface area contributed by atoms with Crippen LogP contribution in [0.5, 0.6) is 11.5 Å². The molecule has 57 heavy (non-hydrogen) atoms. The molecule has 8 nitrogen and oxygen atoms in total. The number of carbonyl (C=O) groups is 2. The Bertz CT molecular complexity index is 1950. The molecule has 0 amide bonds. The van der Waals surface area contributed by atoms with Crippen LogP contribution in [-0.2, 0) is 14.3 Å². The lowest BCUT2D eigenvalue weighted by atomic mass is 9.34. The fraction of sp³-hybridized carbons (Fsp3) is 0.673. The van der Waals surface area contributed by atoms with E-state index in [0.717, 1.165) is 55.2 Å². The molecule has 5 aliphatic carbocycles. The lowest BCUT2D eigenvalue weighted by Gasteiger charge is -2.70. The molecule has 5 N–H and O–H groups in total. The van der Waals surface area contributed by atoms with Gasteiger partial charge in [-0.05, 0) is 140 Å². The number of fused-ring (bicyclic) bond motifs is 5. The number of phenols is 2. The number of benzene rings is 2. The first-order valence-corrected chi connectivity index (χ1v) is 21.9. The molecule has 14 atom stereocenters. The average molecular weight is 782 g/mol. The van der Waals surface area contributed by atoms with Crippen LogP contribution in [0.25, 0.3) is 0 Å². The molecule has 0 radical (unpaired) electrons. The maximum atomic E-state index is 14.6. The van der Waals surface area contributed by atoms with E-state index in [-0.39, 0.29) is 81.5 Å². The summed E-state index contributed by atoms with van der Waals surface area (Å²) >= 11 is 0. The summed E-state index contributed by atoms with van der Waals surface area (Å²) in [6.07, 6.45) is 5.72. The summed E-state index contributed by atoms with van der Waals surface area (Å²) < 4.78 is 6.44. The minimum Gasteiger partial charge on any atom is -0.508 e. The zero-order valence-electron chi connectivity index (χ0n) is 35.5. The number of epoxide rings is 1. The number of allylic oxidation sites excluding steroid dienone is 2. The lowest BCUT2D eigenvalue weighted by molar-refractivity contribution is -0.193. The van der Waals surface area contributed by atoms with Crippen molar-refractivity contribution >= 4 is 11.6 Å². The molecular formula is C49H67NO7. The van der Waals surface area contributed by atoms with Crippen LogP contribution in [-0.4, -0.2) is 68.5 Å². The summed E-state index contributed by atoms with van der Waals surface area (Å²) in [4.78, 5) is 29.1. The Kier molecular flexibility index (Phi) is 10.0. The number of hydrogen-bond acceptors (Lipinski definition) is 8. The van der Waals surface area contributed by atoms with Gasteiger partial charge in [0.1, 0.15) is 23.4 Å². The zero-order chi connectivity index (χ0) is 41.0. The second-order valence-electron chi connectivity index (χ2n) is 21.0. The third-order valence-electron chi connectivity index (χ3n) is 17.3. The van der Waals surface area contributed by atoms with Gasteiger partial charge in [-0.2, -0.15) is 0 Å². The quantitative estimate of drug-likeness (QED) is 0.152. The smallest absolute Gasteiger partial charge is 0.159 e. The first-order chi connectivity index (χ1) is 26.8. The number of hydrogen-bond donors (Lipinski definition) is 5. The Hall–Kier alpha value is -3.04. The Morgan fingerprint density at radius 2 is 1.54 bits per heavy atom. The van der Waals surface area contributed by atoms with Crippen LogP contribution in [0, 0.1) is 45.3 Å². The van der Waals surface area contributed by atoms with Crippen molar-refractivity contribution in [3.05, 3.63) is 70.8 Å². The fourth-order valence-electron chi connectivity index (χ4n) is 14.8. The van der Waals surface area contributed by atoms with E-state index in [1.54, 1.807) is 25.1 Å². The largest absolute Gasteiger partial charge is 0.508 e. The third-order valence-corrected chi connectivity index (χ3v) is 17.3. The van der Waals surface area contributed by atoms with Crippen LogP contribution in [0.1, 0.15) is 136 Å². The van der Waals surface area contributed by atoms with E-state index in [2.05, 4.69) is 59.8 Å². The number of phenolic OH excluding ortho intramolecular Hbond substituents is 2. The van der Waals surface area contributed by atoms with Gasteiger partial charge in [-0.25, -0.2) is 0 Å². The Morgan fingerprint density at radius 1 is 0.877 bits per heavy atom. The lowest BCUT2D eigenvalue weighted by Crippen LogP contribution is -2.69. The van der Waals surface area contributed by atoms with Gasteiger partial charge >= 0.3 is 0 Å². The molecule has 0 spiro atoms. The van der Waals surface area contributed by atoms with E-state index in [4.69, 9.17) is 4.74 Å². The molecule has 2 aromatic carbocycles. The number of nitrogens with one attached hydrogen (secondary N) is 1. The molecule has 0 aromatic heterocycles. The topological polar surface area (TPSA) is 140 Å². The van der Waals surface area contributed by atoms with Crippen LogP contribution < -0.4 is 5.32 Å². The van der Waals surface area contributed by atoms with Gasteiger partial charge in [0.15, 0.2) is 5.78 Å². The predicted molar refractivity (Wildman–Crippen MR) is 221 cm³/mol. The highest BCUT2D eigenvalue weighted by Gasteiger charge is 2.71. The standard InChI is InChI=1S/C49H67NO7/c1-27(20-38(54)44-49(8,57-44)35-17-11-16-33(35)29-12-9-14-31(52)21-29)41-36-18-19-40-46(5)23-34(30-13-10-15-32(53)22-30)43(56)45(3,4)42(46)37(50-26-28(2)51)24-48(40,7)47(36,6)25-39(41)55/h9-10,12-15,21-22,27-28,33-35,37-38,40,42,44,50-54H,11,16-20,23-26H2,1-8H3. The minimum absolute atomic E-state index is 0.0163. The number of ether oxygens (including phenoxy) is 1. The van der Waals surface area contributed by atoms with E-state index in [9.17, 15) is 30.0 Å². The molecule has 8 rings (SSSR count). The van der Waals surface area contributed by atoms with Crippen LogP contribution in [0.2, 0.25) is 0 Å². The van der Waals surface area contributed by atoms with E-state index < -0.39 is 28.6 Å². The molecule has 0 bridgehead atoms. The normalized spacial score (nSPS) is 41.3.